The third-order valence-corrected chi connectivity index (χ3v) is 8.42. The number of carbonyl (C=O) groups excluding carboxylic acids is 4. The van der Waals surface area contributed by atoms with Crippen LogP contribution in [0.15, 0.2) is 70.8 Å². The van der Waals surface area contributed by atoms with E-state index >= 15 is 0 Å². The fourth-order valence-corrected chi connectivity index (χ4v) is 6.23. The first-order valence-electron chi connectivity index (χ1n) is 16.1. The molecule has 0 saturated carbocycles. The van der Waals surface area contributed by atoms with Gasteiger partial charge in [0, 0.05) is 25.9 Å². The normalized spacial score (nSPS) is 16.0. The standard InChI is InChI=1S/C35H41F3N4O7S/c1-22(43)39-16-6-5-7-17-47-26-12-10-24(11-13-26)20-40-32(45)28-19-25(18-23-8-14-27(15-9-23)48-35(36,37)38)30(44)29-31(28)50-21-42(29)41-33(46)49-34(2,3)4/h8-15,19,25H,5-7,16-18,20-21H2,1-4H3,(H,39,43)(H,40,45)(H,41,46). The Morgan fingerprint density at radius 1 is 0.920 bits per heavy atom. The van der Waals surface area contributed by atoms with E-state index in [9.17, 15) is 32.3 Å². The van der Waals surface area contributed by atoms with E-state index in [1.807, 2.05) is 24.3 Å². The smallest absolute Gasteiger partial charge is 0.494 e. The molecule has 1 aliphatic carbocycles. The molecule has 0 bridgehead atoms. The number of unbranched alkanes of at least 4 members (excludes halogenated alkanes) is 2. The zero-order valence-electron chi connectivity index (χ0n) is 28.3. The highest BCUT2D eigenvalue weighted by Gasteiger charge is 2.41. The Morgan fingerprint density at radius 3 is 2.22 bits per heavy atom. The van der Waals surface area contributed by atoms with Gasteiger partial charge in [0.1, 0.15) is 22.8 Å². The van der Waals surface area contributed by atoms with Crippen LogP contribution in [0.25, 0.3) is 0 Å². The molecule has 270 valence electrons. The number of hydrogen-bond donors (Lipinski definition) is 3. The van der Waals surface area contributed by atoms with Crippen molar-refractivity contribution in [3.05, 3.63) is 81.9 Å². The summed E-state index contributed by atoms with van der Waals surface area (Å²) in [5.74, 6) is -1.26. The summed E-state index contributed by atoms with van der Waals surface area (Å²) in [6, 6.07) is 12.5. The molecule has 3 N–H and O–H groups in total. The minimum Gasteiger partial charge on any atom is -0.494 e. The van der Waals surface area contributed by atoms with Crippen LogP contribution in [-0.2, 0) is 32.1 Å². The van der Waals surface area contributed by atoms with Crippen molar-refractivity contribution >= 4 is 35.5 Å². The van der Waals surface area contributed by atoms with E-state index in [2.05, 4.69) is 20.8 Å². The van der Waals surface area contributed by atoms with Gasteiger partial charge in [-0.15, -0.1) is 13.2 Å². The number of Topliss-reactive ketones (excluding diaryl/α,β-unsaturated/α-hetero) is 1. The van der Waals surface area contributed by atoms with E-state index in [1.54, 1.807) is 26.8 Å². The van der Waals surface area contributed by atoms with Gasteiger partial charge >= 0.3 is 12.5 Å². The average molecular weight is 719 g/mol. The number of nitrogens with one attached hydrogen (secondary N) is 3. The number of carbonyl (C=O) groups is 4. The van der Waals surface area contributed by atoms with Gasteiger partial charge in [-0.3, -0.25) is 19.4 Å². The van der Waals surface area contributed by atoms with E-state index in [-0.39, 0.29) is 41.8 Å². The SMILES string of the molecule is CC(=O)NCCCCCOc1ccc(CNC(=O)C2=CC(Cc3ccc(OC(F)(F)F)cc3)C(=O)C3=C2SCN3NC(=O)OC(C)(C)C)cc1. The van der Waals surface area contributed by atoms with Crippen molar-refractivity contribution in [1.29, 1.82) is 0 Å². The second-order valence-corrected chi connectivity index (χ2v) is 13.6. The van der Waals surface area contributed by atoms with E-state index in [4.69, 9.17) is 9.47 Å². The lowest BCUT2D eigenvalue weighted by molar-refractivity contribution is -0.274. The molecule has 4 rings (SSSR count). The van der Waals surface area contributed by atoms with Crippen LogP contribution in [-0.4, -0.2) is 59.7 Å². The largest absolute Gasteiger partial charge is 0.573 e. The zero-order valence-corrected chi connectivity index (χ0v) is 29.1. The van der Waals surface area contributed by atoms with Gasteiger partial charge < -0.3 is 24.8 Å². The first kappa shape index (κ1) is 38.1. The molecule has 2 aromatic rings. The highest BCUT2D eigenvalue weighted by Crippen LogP contribution is 2.42. The summed E-state index contributed by atoms with van der Waals surface area (Å²) in [7, 11) is 0. The molecule has 50 heavy (non-hydrogen) atoms. The van der Waals surface area contributed by atoms with Crippen LogP contribution in [0, 0.1) is 5.92 Å². The molecule has 0 fully saturated rings. The minimum atomic E-state index is -4.84. The maximum absolute atomic E-state index is 13.8. The number of benzene rings is 2. The number of amides is 3. The molecule has 1 heterocycles. The van der Waals surface area contributed by atoms with Crippen molar-refractivity contribution in [2.24, 2.45) is 5.92 Å². The fraction of sp³-hybridized carbons (Fsp3) is 0.429. The summed E-state index contributed by atoms with van der Waals surface area (Å²) in [5.41, 5.74) is 3.54. The highest BCUT2D eigenvalue weighted by molar-refractivity contribution is 8.03. The quantitative estimate of drug-likeness (QED) is 0.204. The summed E-state index contributed by atoms with van der Waals surface area (Å²) in [5, 5.41) is 7.02. The molecule has 2 aromatic carbocycles. The molecule has 3 amide bonds. The maximum atomic E-state index is 13.8. The van der Waals surface area contributed by atoms with Crippen LogP contribution in [0.1, 0.15) is 58.1 Å². The van der Waals surface area contributed by atoms with Crippen LogP contribution in [0.4, 0.5) is 18.0 Å². The van der Waals surface area contributed by atoms with Crippen molar-refractivity contribution < 1.29 is 46.6 Å². The van der Waals surface area contributed by atoms with Crippen LogP contribution < -0.4 is 25.5 Å². The monoisotopic (exact) mass is 718 g/mol. The molecule has 0 saturated heterocycles. The number of rotatable bonds is 14. The summed E-state index contributed by atoms with van der Waals surface area (Å²) < 4.78 is 53.0. The molecule has 0 radical (unpaired) electrons. The summed E-state index contributed by atoms with van der Waals surface area (Å²) in [4.78, 5) is 51.4. The summed E-state index contributed by atoms with van der Waals surface area (Å²) in [6.07, 6.45) is -1.34. The summed E-state index contributed by atoms with van der Waals surface area (Å²) >= 11 is 1.22. The topological polar surface area (TPSA) is 135 Å². The Morgan fingerprint density at radius 2 is 1.58 bits per heavy atom. The Labute approximate surface area is 292 Å². The molecule has 2 aliphatic rings. The van der Waals surface area contributed by atoms with Gasteiger partial charge in [0.25, 0.3) is 5.91 Å². The molecule has 0 spiro atoms. The third-order valence-electron chi connectivity index (χ3n) is 7.33. The number of nitrogens with zero attached hydrogens (tertiary/aromatic N) is 1. The van der Waals surface area contributed by atoms with Gasteiger partial charge in [0.2, 0.25) is 5.91 Å². The number of hydrazine groups is 1. The number of ketones is 1. The number of allylic oxidation sites excluding steroid dienone is 2. The van der Waals surface area contributed by atoms with Crippen molar-refractivity contribution in [3.8, 4) is 11.5 Å². The number of hydrogen-bond acceptors (Lipinski definition) is 9. The van der Waals surface area contributed by atoms with E-state index in [1.165, 1.54) is 35.8 Å². The molecule has 0 aromatic heterocycles. The van der Waals surface area contributed by atoms with Crippen LogP contribution in [0.2, 0.25) is 0 Å². The minimum absolute atomic E-state index is 0.0449. The zero-order chi connectivity index (χ0) is 36.5. The van der Waals surface area contributed by atoms with E-state index in [0.717, 1.165) is 37.0 Å². The Balaban J connectivity index is 1.43. The summed E-state index contributed by atoms with van der Waals surface area (Å²) in [6.45, 7) is 7.96. The van der Waals surface area contributed by atoms with Crippen molar-refractivity contribution in [2.45, 2.75) is 71.9 Å². The van der Waals surface area contributed by atoms with Crippen molar-refractivity contribution in [2.75, 3.05) is 19.0 Å². The highest BCUT2D eigenvalue weighted by atomic mass is 32.2. The lowest BCUT2D eigenvalue weighted by Gasteiger charge is -2.28. The molecule has 11 nitrogen and oxygen atoms in total. The van der Waals surface area contributed by atoms with Gasteiger partial charge in [-0.2, -0.15) is 0 Å². The van der Waals surface area contributed by atoms with E-state index < -0.39 is 35.6 Å². The second-order valence-electron chi connectivity index (χ2n) is 12.7. The average Bonchev–Trinajstić information content (AvgIpc) is 3.44. The molecule has 15 heteroatoms. The molecule has 1 atom stereocenters. The second kappa shape index (κ2) is 16.8. The molecular formula is C35H41F3N4O7S. The lowest BCUT2D eigenvalue weighted by Crippen LogP contribution is -2.45. The van der Waals surface area contributed by atoms with Gasteiger partial charge in [0.15, 0.2) is 5.78 Å². The van der Waals surface area contributed by atoms with E-state index in [0.29, 0.717) is 29.4 Å². The van der Waals surface area contributed by atoms with Crippen molar-refractivity contribution in [3.63, 3.8) is 0 Å². The molecular weight excluding hydrogens is 677 g/mol. The van der Waals surface area contributed by atoms with Gasteiger partial charge in [-0.05, 0) is 81.8 Å². The number of ether oxygens (including phenoxy) is 3. The first-order chi connectivity index (χ1) is 23.6. The Kier molecular flexibility index (Phi) is 12.8. The predicted molar refractivity (Wildman–Crippen MR) is 180 cm³/mol. The Hall–Kier alpha value is -4.66. The van der Waals surface area contributed by atoms with Crippen LogP contribution in [0.5, 0.6) is 11.5 Å². The third kappa shape index (κ3) is 11.7. The lowest BCUT2D eigenvalue weighted by atomic mass is 9.86. The molecule has 1 unspecified atom stereocenters. The molecule has 1 aliphatic heterocycles. The maximum Gasteiger partial charge on any atom is 0.573 e. The van der Waals surface area contributed by atoms with Crippen LogP contribution in [0.3, 0.4) is 0 Å². The Bertz CT molecular complexity index is 1600. The fourth-order valence-electron chi connectivity index (χ4n) is 5.11. The number of thioether (sulfide) groups is 1. The first-order valence-corrected chi connectivity index (χ1v) is 17.1. The van der Waals surface area contributed by atoms with Gasteiger partial charge in [-0.25, -0.2) is 10.2 Å². The van der Waals surface area contributed by atoms with Crippen molar-refractivity contribution in [1.82, 2.24) is 21.1 Å². The number of alkyl halides is 3. The van der Waals surface area contributed by atoms with Gasteiger partial charge in [-0.1, -0.05) is 42.1 Å². The van der Waals surface area contributed by atoms with Crippen LogP contribution >= 0.6 is 11.8 Å². The predicted octanol–water partition coefficient (Wildman–Crippen LogP) is 5.91. The van der Waals surface area contributed by atoms with Gasteiger partial charge in [0.05, 0.1) is 23.0 Å². The number of halogens is 3.